The van der Waals surface area contributed by atoms with Crippen LogP contribution in [0.2, 0.25) is 0 Å². The molecule has 0 fully saturated rings. The fourth-order valence-corrected chi connectivity index (χ4v) is 2.35. The molecule has 0 aliphatic carbocycles. The number of benzene rings is 2. The van der Waals surface area contributed by atoms with Crippen molar-refractivity contribution in [3.8, 4) is 0 Å². The first-order valence-electron chi connectivity index (χ1n) is 5.46. The van der Waals surface area contributed by atoms with Gasteiger partial charge in [-0.2, -0.15) is 6.07 Å². The molecule has 0 saturated heterocycles. The van der Waals surface area contributed by atoms with Crippen molar-refractivity contribution in [2.24, 2.45) is 0 Å². The smallest absolute Gasteiger partial charge is 0 e. The van der Waals surface area contributed by atoms with Gasteiger partial charge in [-0.15, -0.1) is 28.5 Å². The minimum absolute atomic E-state index is 0. The molecule has 0 aromatic heterocycles. The molecule has 0 N–H and O–H groups in total. The molecular weight excluding hydrogens is 383 g/mol. The Hall–Kier alpha value is -0.820. The molecule has 3 rings (SSSR count). The molecule has 0 nitrogen and oxygen atoms in total. The molecule has 0 aliphatic heterocycles. The van der Waals surface area contributed by atoms with Crippen LogP contribution in [0.5, 0.6) is 0 Å². The van der Waals surface area contributed by atoms with Crippen LogP contribution in [0, 0.1) is 14.9 Å². The van der Waals surface area contributed by atoms with Gasteiger partial charge in [0.25, 0.3) is 0 Å². The summed E-state index contributed by atoms with van der Waals surface area (Å²) in [7, 11) is 0. The van der Waals surface area contributed by atoms with Crippen molar-refractivity contribution in [3.05, 3.63) is 68.9 Å². The van der Waals surface area contributed by atoms with Gasteiger partial charge in [0.1, 0.15) is 0 Å². The molecule has 3 aromatic carbocycles. The van der Waals surface area contributed by atoms with Gasteiger partial charge in [-0.3, -0.25) is 0 Å². The van der Waals surface area contributed by atoms with E-state index in [0.29, 0.717) is 0 Å². The topological polar surface area (TPSA) is 0 Å². The number of rotatable bonds is 1. The third kappa shape index (κ3) is 2.61. The molecule has 0 aliphatic rings. The predicted molar refractivity (Wildman–Crippen MR) is 79.3 cm³/mol. The molecule has 0 amide bonds. The first-order chi connectivity index (χ1) is 7.40. The minimum Gasteiger partial charge on any atom is -0.358 e. The SMILES string of the molecule is CC[c-]1ccc2ccc3ccccc3c21.[CH3-].[CH3-].[Hf]. The molecule has 0 atom stereocenters. The van der Waals surface area contributed by atoms with Crippen molar-refractivity contribution in [2.45, 2.75) is 13.3 Å². The first kappa shape index (κ1) is 17.2. The first-order valence-corrected chi connectivity index (χ1v) is 5.46. The van der Waals surface area contributed by atoms with Crippen molar-refractivity contribution in [1.29, 1.82) is 0 Å². The van der Waals surface area contributed by atoms with E-state index in [1.54, 1.807) is 0 Å². The molecule has 1 heteroatoms. The van der Waals surface area contributed by atoms with Crippen molar-refractivity contribution in [3.63, 3.8) is 0 Å². The zero-order valence-electron chi connectivity index (χ0n) is 11.3. The van der Waals surface area contributed by atoms with Crippen LogP contribution in [0.4, 0.5) is 0 Å². The maximum absolute atomic E-state index is 2.25. The monoisotopic (exact) mass is 403 g/mol. The summed E-state index contributed by atoms with van der Waals surface area (Å²) in [5, 5.41) is 5.53. The van der Waals surface area contributed by atoms with Crippen molar-refractivity contribution >= 4 is 21.5 Å². The fraction of sp³-hybridized carbons (Fsp3) is 0.118. The van der Waals surface area contributed by atoms with Crippen LogP contribution < -0.4 is 0 Å². The van der Waals surface area contributed by atoms with Crippen molar-refractivity contribution < 1.29 is 25.8 Å². The Balaban J connectivity index is 0.000000963. The largest absolute Gasteiger partial charge is 0.358 e. The van der Waals surface area contributed by atoms with E-state index in [0.717, 1.165) is 6.42 Å². The average molecular weight is 402 g/mol. The van der Waals surface area contributed by atoms with Gasteiger partial charge < -0.3 is 14.9 Å². The van der Waals surface area contributed by atoms with Crippen LogP contribution in [-0.2, 0) is 32.3 Å². The van der Waals surface area contributed by atoms with Gasteiger partial charge >= 0.3 is 0 Å². The van der Waals surface area contributed by atoms with E-state index in [-0.39, 0.29) is 40.7 Å². The molecule has 0 saturated carbocycles. The van der Waals surface area contributed by atoms with E-state index in [2.05, 4.69) is 55.5 Å². The predicted octanol–water partition coefficient (Wildman–Crippen LogP) is 5.17. The Morgan fingerprint density at radius 1 is 0.889 bits per heavy atom. The Kier molecular flexibility index (Phi) is 6.62. The Morgan fingerprint density at radius 3 is 2.28 bits per heavy atom. The number of aryl methyl sites for hydroxylation is 1. The van der Waals surface area contributed by atoms with E-state index < -0.39 is 0 Å². The maximum atomic E-state index is 2.25. The Labute approximate surface area is 129 Å². The standard InChI is InChI=1S/C15H13.2CH3.Hf/c1-2-11-7-9-13-10-8-12-5-3-4-6-14(12)15(11)13;;;/h3-10H,2H2,1H3;2*1H3;/q3*-1;. The van der Waals surface area contributed by atoms with Crippen LogP contribution >= 0.6 is 0 Å². The van der Waals surface area contributed by atoms with Gasteiger partial charge in [-0.25, -0.2) is 0 Å². The Morgan fingerprint density at radius 2 is 1.56 bits per heavy atom. The number of hydrogen-bond acceptors (Lipinski definition) is 0. The zero-order chi connectivity index (χ0) is 10.3. The summed E-state index contributed by atoms with van der Waals surface area (Å²) in [5.74, 6) is 0. The molecule has 0 unspecified atom stereocenters. The molecule has 18 heavy (non-hydrogen) atoms. The Bertz CT molecular complexity index is 620. The zero-order valence-corrected chi connectivity index (χ0v) is 14.9. The summed E-state index contributed by atoms with van der Waals surface area (Å²) in [6.07, 6.45) is 1.11. The molecule has 0 bridgehead atoms. The van der Waals surface area contributed by atoms with Gasteiger partial charge in [0, 0.05) is 25.8 Å². The quantitative estimate of drug-likeness (QED) is 0.389. The second-order valence-electron chi connectivity index (χ2n) is 3.96. The van der Waals surface area contributed by atoms with Crippen molar-refractivity contribution in [1.82, 2.24) is 0 Å². The van der Waals surface area contributed by atoms with E-state index in [1.807, 2.05) is 0 Å². The summed E-state index contributed by atoms with van der Waals surface area (Å²) in [4.78, 5) is 0. The summed E-state index contributed by atoms with van der Waals surface area (Å²) in [5.41, 5.74) is 1.46. The second-order valence-corrected chi connectivity index (χ2v) is 3.96. The van der Waals surface area contributed by atoms with Crippen molar-refractivity contribution in [2.75, 3.05) is 0 Å². The van der Waals surface area contributed by atoms with E-state index in [1.165, 1.54) is 27.1 Å². The third-order valence-corrected chi connectivity index (χ3v) is 3.13. The molecular formula is C17H19Hf-3. The molecule has 0 spiro atoms. The maximum Gasteiger partial charge on any atom is 0 e. The van der Waals surface area contributed by atoms with E-state index >= 15 is 0 Å². The summed E-state index contributed by atoms with van der Waals surface area (Å²) < 4.78 is 0. The van der Waals surface area contributed by atoms with Gasteiger partial charge in [-0.05, 0) is 0 Å². The van der Waals surface area contributed by atoms with Crippen LogP contribution in [0.15, 0.2) is 48.5 Å². The van der Waals surface area contributed by atoms with Crippen LogP contribution in [0.25, 0.3) is 21.5 Å². The number of hydrogen-bond donors (Lipinski definition) is 0. The van der Waals surface area contributed by atoms with Crippen LogP contribution in [0.1, 0.15) is 12.5 Å². The van der Waals surface area contributed by atoms with Crippen LogP contribution in [-0.4, -0.2) is 0 Å². The van der Waals surface area contributed by atoms with Gasteiger partial charge in [0.2, 0.25) is 0 Å². The van der Waals surface area contributed by atoms with E-state index in [4.69, 9.17) is 0 Å². The van der Waals surface area contributed by atoms with Gasteiger partial charge in [0.15, 0.2) is 0 Å². The van der Waals surface area contributed by atoms with Gasteiger partial charge in [-0.1, -0.05) is 54.4 Å². The minimum atomic E-state index is 0. The van der Waals surface area contributed by atoms with E-state index in [9.17, 15) is 0 Å². The molecule has 94 valence electrons. The summed E-state index contributed by atoms with van der Waals surface area (Å²) >= 11 is 0. The molecule has 3 aromatic rings. The fourth-order valence-electron chi connectivity index (χ4n) is 2.35. The number of fused-ring (bicyclic) bond motifs is 3. The summed E-state index contributed by atoms with van der Waals surface area (Å²) in [6, 6.07) is 17.5. The normalized spacial score (nSPS) is 9.39. The molecule has 0 radical (unpaired) electrons. The summed E-state index contributed by atoms with van der Waals surface area (Å²) in [6.45, 7) is 2.22. The third-order valence-electron chi connectivity index (χ3n) is 3.13. The van der Waals surface area contributed by atoms with Crippen LogP contribution in [0.3, 0.4) is 0 Å². The second kappa shape index (κ2) is 6.94. The van der Waals surface area contributed by atoms with Gasteiger partial charge in [0.05, 0.1) is 0 Å². The molecule has 0 heterocycles. The average Bonchev–Trinajstić information content (AvgIpc) is 2.72.